The zero-order chi connectivity index (χ0) is 24.0. The lowest BCUT2D eigenvalue weighted by Gasteiger charge is -2.45. The minimum absolute atomic E-state index is 0.0731. The molecule has 11 heteroatoms. The molecule has 0 bridgehead atoms. The number of fused-ring (bicyclic) bond motifs is 1. The normalized spacial score (nSPS) is 23.7. The maximum Gasteiger partial charge on any atom is 0.265 e. The van der Waals surface area contributed by atoms with E-state index >= 15 is 0 Å². The second kappa shape index (κ2) is 8.84. The van der Waals surface area contributed by atoms with Gasteiger partial charge in [-0.05, 0) is 62.1 Å². The number of nitrogens with zero attached hydrogens (tertiary/aromatic N) is 5. The summed E-state index contributed by atoms with van der Waals surface area (Å²) in [5.74, 6) is 2.45. The number of rotatable bonds is 7. The highest BCUT2D eigenvalue weighted by atomic mass is 32.2. The molecular weight excluding hydrogens is 462 g/mol. The van der Waals surface area contributed by atoms with Gasteiger partial charge in [0.25, 0.3) is 6.43 Å². The Balaban J connectivity index is 1.45. The van der Waals surface area contributed by atoms with Crippen molar-refractivity contribution in [2.24, 2.45) is 17.8 Å². The Morgan fingerprint density at radius 1 is 1.18 bits per heavy atom. The third kappa shape index (κ3) is 4.63. The molecule has 1 aliphatic carbocycles. The highest BCUT2D eigenvalue weighted by molar-refractivity contribution is 7.88. The Labute approximate surface area is 197 Å². The zero-order valence-corrected chi connectivity index (χ0v) is 19.9. The van der Waals surface area contributed by atoms with E-state index in [4.69, 9.17) is 4.98 Å². The molecule has 0 aromatic carbocycles. The van der Waals surface area contributed by atoms with Crippen LogP contribution in [0, 0.1) is 17.8 Å². The molecule has 3 aromatic rings. The summed E-state index contributed by atoms with van der Waals surface area (Å²) in [5.41, 5.74) is 0.981. The number of halogens is 2. The van der Waals surface area contributed by atoms with E-state index in [-0.39, 0.29) is 17.5 Å². The zero-order valence-electron chi connectivity index (χ0n) is 19.1. The van der Waals surface area contributed by atoms with Crippen LogP contribution in [0.1, 0.15) is 38.2 Å². The molecule has 3 atom stereocenters. The molecule has 0 radical (unpaired) electrons. The number of pyridine rings is 1. The van der Waals surface area contributed by atoms with E-state index in [9.17, 15) is 17.2 Å². The topological polar surface area (TPSA) is 92.5 Å². The number of aromatic nitrogens is 4. The van der Waals surface area contributed by atoms with Gasteiger partial charge in [-0.3, -0.25) is 4.40 Å². The smallest absolute Gasteiger partial charge is 0.265 e. The maximum atomic E-state index is 13.2. The minimum Gasteiger partial charge on any atom is -0.353 e. The van der Waals surface area contributed by atoms with Crippen molar-refractivity contribution in [2.45, 2.75) is 38.7 Å². The van der Waals surface area contributed by atoms with Gasteiger partial charge in [0.1, 0.15) is 17.2 Å². The third-order valence-electron chi connectivity index (χ3n) is 7.12. The van der Waals surface area contributed by atoms with Gasteiger partial charge in [0.05, 0.1) is 12.5 Å². The largest absolute Gasteiger partial charge is 0.353 e. The molecule has 8 nitrogen and oxygen atoms in total. The van der Waals surface area contributed by atoms with Crippen molar-refractivity contribution in [1.82, 2.24) is 24.1 Å². The fourth-order valence-corrected chi connectivity index (χ4v) is 5.72. The van der Waals surface area contributed by atoms with E-state index in [1.807, 2.05) is 6.07 Å². The number of piperidine rings is 1. The number of alkyl halides is 2. The van der Waals surface area contributed by atoms with E-state index < -0.39 is 16.4 Å². The van der Waals surface area contributed by atoms with Gasteiger partial charge in [-0.15, -0.1) is 0 Å². The first-order chi connectivity index (χ1) is 16.2. The van der Waals surface area contributed by atoms with Crippen molar-refractivity contribution < 1.29 is 17.2 Å². The van der Waals surface area contributed by atoms with Crippen molar-refractivity contribution in [1.29, 1.82) is 0 Å². The highest BCUT2D eigenvalue weighted by Crippen LogP contribution is 2.46. The molecule has 2 aliphatic rings. The van der Waals surface area contributed by atoms with Crippen molar-refractivity contribution in [3.8, 4) is 11.5 Å². The lowest BCUT2D eigenvalue weighted by molar-refractivity contribution is 0.151. The molecule has 1 N–H and O–H groups in total. The fraction of sp³-hybridized carbons (Fsp3) is 0.522. The Bertz CT molecular complexity index is 1290. The van der Waals surface area contributed by atoms with Crippen LogP contribution < -0.4 is 9.62 Å². The second-order valence-corrected chi connectivity index (χ2v) is 11.2. The first-order valence-electron chi connectivity index (χ1n) is 11.5. The van der Waals surface area contributed by atoms with Crippen LogP contribution in [0.2, 0.25) is 0 Å². The molecule has 0 amide bonds. The lowest BCUT2D eigenvalue weighted by Crippen LogP contribution is -2.52. The van der Waals surface area contributed by atoms with E-state index in [0.29, 0.717) is 35.5 Å². The molecule has 4 heterocycles. The SMILES string of the molecule is C[C@@H]1[C@H](CNS(C)(=O)=O)C(C2CC2)CCN1c1ccnc(-c2cnc3ccc(C(F)F)cn23)n1. The number of sulfonamides is 1. The highest BCUT2D eigenvalue weighted by Gasteiger charge is 2.43. The summed E-state index contributed by atoms with van der Waals surface area (Å²) < 4.78 is 54.3. The summed E-state index contributed by atoms with van der Waals surface area (Å²) >= 11 is 0. The summed E-state index contributed by atoms with van der Waals surface area (Å²) in [6.45, 7) is 3.34. The van der Waals surface area contributed by atoms with Crippen molar-refractivity contribution in [3.63, 3.8) is 0 Å². The van der Waals surface area contributed by atoms with Crippen LogP contribution in [0.25, 0.3) is 17.2 Å². The summed E-state index contributed by atoms with van der Waals surface area (Å²) in [4.78, 5) is 15.7. The van der Waals surface area contributed by atoms with Crippen LogP contribution in [-0.4, -0.2) is 53.2 Å². The third-order valence-corrected chi connectivity index (χ3v) is 7.81. The summed E-state index contributed by atoms with van der Waals surface area (Å²) in [6.07, 6.45) is 6.61. The van der Waals surface area contributed by atoms with Gasteiger partial charge in [-0.25, -0.2) is 36.9 Å². The quantitative estimate of drug-likeness (QED) is 0.545. The molecule has 1 unspecified atom stereocenters. The van der Waals surface area contributed by atoms with E-state index in [1.54, 1.807) is 22.9 Å². The number of nitrogens with one attached hydrogen (secondary N) is 1. The van der Waals surface area contributed by atoms with Gasteiger partial charge >= 0.3 is 0 Å². The van der Waals surface area contributed by atoms with Crippen molar-refractivity contribution in [3.05, 3.63) is 42.4 Å². The predicted octanol–water partition coefficient (Wildman–Crippen LogP) is 3.52. The van der Waals surface area contributed by atoms with Gasteiger partial charge in [-0.2, -0.15) is 0 Å². The number of anilines is 1. The predicted molar refractivity (Wildman–Crippen MR) is 125 cm³/mol. The Kier molecular flexibility index (Phi) is 6.01. The van der Waals surface area contributed by atoms with Gasteiger partial charge < -0.3 is 4.90 Å². The Morgan fingerprint density at radius 2 is 1.97 bits per heavy atom. The lowest BCUT2D eigenvalue weighted by atomic mass is 9.77. The first kappa shape index (κ1) is 23.1. The molecule has 182 valence electrons. The maximum absolute atomic E-state index is 13.2. The molecule has 3 aromatic heterocycles. The van der Waals surface area contributed by atoms with Gasteiger partial charge in [0, 0.05) is 37.1 Å². The molecule has 0 spiro atoms. The molecule has 1 aliphatic heterocycles. The number of imidazole rings is 1. The molecular formula is C23H28F2N6O2S. The monoisotopic (exact) mass is 490 g/mol. The minimum atomic E-state index is -3.28. The molecule has 2 fully saturated rings. The van der Waals surface area contributed by atoms with Gasteiger partial charge in [0.15, 0.2) is 5.82 Å². The van der Waals surface area contributed by atoms with Crippen LogP contribution >= 0.6 is 0 Å². The Hall–Kier alpha value is -2.66. The molecule has 1 saturated heterocycles. The molecule has 34 heavy (non-hydrogen) atoms. The van der Waals surface area contributed by atoms with Crippen LogP contribution in [0.5, 0.6) is 0 Å². The summed E-state index contributed by atoms with van der Waals surface area (Å²) in [6, 6.07) is 4.83. The molecule has 5 rings (SSSR count). The molecule has 1 saturated carbocycles. The first-order valence-corrected chi connectivity index (χ1v) is 13.4. The van der Waals surface area contributed by atoms with Crippen LogP contribution in [0.4, 0.5) is 14.6 Å². The van der Waals surface area contributed by atoms with Crippen molar-refractivity contribution in [2.75, 3.05) is 24.2 Å². The van der Waals surface area contributed by atoms with E-state index in [2.05, 4.69) is 26.5 Å². The van der Waals surface area contributed by atoms with Gasteiger partial charge in [-0.1, -0.05) is 0 Å². The van der Waals surface area contributed by atoms with Crippen LogP contribution in [-0.2, 0) is 10.0 Å². The fourth-order valence-electron chi connectivity index (χ4n) is 5.22. The standard InChI is InChI=1S/C23H28F2N6O2S/c1-14-18(11-28-34(2,32)33)17(15-3-4-15)8-10-30(14)21-7-9-26-23(29-21)19-12-27-20-6-5-16(22(24)25)13-31(19)20/h5-7,9,12-15,17-18,22,28H,3-4,8,10-11H2,1-2H3/t14-,17?,18+/m1/s1. The second-order valence-electron chi connectivity index (χ2n) is 9.38. The van der Waals surface area contributed by atoms with Gasteiger partial charge in [0.2, 0.25) is 10.0 Å². The van der Waals surface area contributed by atoms with Crippen molar-refractivity contribution >= 4 is 21.5 Å². The number of hydrogen-bond acceptors (Lipinski definition) is 6. The van der Waals surface area contributed by atoms with Crippen LogP contribution in [0.15, 0.2) is 36.8 Å². The number of hydrogen-bond donors (Lipinski definition) is 1. The van der Waals surface area contributed by atoms with Crippen LogP contribution in [0.3, 0.4) is 0 Å². The summed E-state index contributed by atoms with van der Waals surface area (Å²) in [7, 11) is -3.28. The average molecular weight is 491 g/mol. The Morgan fingerprint density at radius 3 is 2.68 bits per heavy atom. The van der Waals surface area contributed by atoms with E-state index in [1.165, 1.54) is 31.4 Å². The summed E-state index contributed by atoms with van der Waals surface area (Å²) in [5, 5.41) is 0. The average Bonchev–Trinajstić information content (AvgIpc) is 3.55. The van der Waals surface area contributed by atoms with E-state index in [0.717, 1.165) is 18.8 Å².